The molecule has 10 heteroatoms. The molecule has 0 aliphatic heterocycles. The first kappa shape index (κ1) is 26.8. The molecule has 8 nitrogen and oxygen atoms in total. The van der Waals surface area contributed by atoms with E-state index in [-0.39, 0.29) is 0 Å². The van der Waals surface area contributed by atoms with E-state index in [1.54, 1.807) is 26.6 Å². The molecular formula is C27H28Cl2N6O2. The highest BCUT2D eigenvalue weighted by Gasteiger charge is 2.19. The second-order valence-corrected chi connectivity index (χ2v) is 8.82. The summed E-state index contributed by atoms with van der Waals surface area (Å²) in [6.45, 7) is 3.95. The summed E-state index contributed by atoms with van der Waals surface area (Å²) in [6.07, 6.45) is 3.39. The van der Waals surface area contributed by atoms with Crippen LogP contribution in [0.4, 0.5) is 0 Å². The van der Waals surface area contributed by atoms with Crippen molar-refractivity contribution in [3.8, 4) is 45.4 Å². The minimum absolute atomic E-state index is 0.443. The van der Waals surface area contributed by atoms with E-state index < -0.39 is 0 Å². The zero-order chi connectivity index (χ0) is 26.4. The molecule has 2 heterocycles. The number of nitrogens with zero attached hydrogens (tertiary/aromatic N) is 4. The van der Waals surface area contributed by atoms with E-state index >= 15 is 0 Å². The maximum absolute atomic E-state index is 6.94. The maximum atomic E-state index is 6.94. The minimum atomic E-state index is 0.443. The molecule has 37 heavy (non-hydrogen) atoms. The molecule has 0 aliphatic carbocycles. The van der Waals surface area contributed by atoms with Crippen LogP contribution in [0.1, 0.15) is 18.3 Å². The third kappa shape index (κ3) is 5.67. The van der Waals surface area contributed by atoms with Crippen LogP contribution in [0.15, 0.2) is 48.8 Å². The number of ether oxygens (including phenoxy) is 2. The van der Waals surface area contributed by atoms with Gasteiger partial charge in [0, 0.05) is 35.3 Å². The number of rotatable bonds is 10. The number of halogens is 2. The monoisotopic (exact) mass is 538 g/mol. The summed E-state index contributed by atoms with van der Waals surface area (Å²) in [5.41, 5.74) is 5.61. The first-order valence-electron chi connectivity index (χ1n) is 11.8. The van der Waals surface area contributed by atoms with Gasteiger partial charge in [-0.25, -0.2) is 9.97 Å². The van der Waals surface area contributed by atoms with Crippen LogP contribution < -0.4 is 20.1 Å². The zero-order valence-corrected chi connectivity index (χ0v) is 22.6. The Morgan fingerprint density at radius 3 is 1.62 bits per heavy atom. The molecule has 0 atom stereocenters. The lowest BCUT2D eigenvalue weighted by molar-refractivity contribution is 0.388. The summed E-state index contributed by atoms with van der Waals surface area (Å²) in [7, 11) is 4.99. The van der Waals surface area contributed by atoms with E-state index in [9.17, 15) is 0 Å². The molecule has 0 radical (unpaired) electrons. The van der Waals surface area contributed by atoms with Gasteiger partial charge in [0.2, 0.25) is 11.8 Å². The summed E-state index contributed by atoms with van der Waals surface area (Å²) in [6, 6.07) is 11.5. The number of hydrogen-bond donors (Lipinski definition) is 2. The van der Waals surface area contributed by atoms with Gasteiger partial charge < -0.3 is 20.1 Å². The molecule has 0 amide bonds. The third-order valence-corrected chi connectivity index (χ3v) is 6.55. The minimum Gasteiger partial charge on any atom is -0.480 e. The van der Waals surface area contributed by atoms with Crippen molar-refractivity contribution in [2.75, 3.05) is 27.8 Å². The molecule has 0 bridgehead atoms. The Balaban J connectivity index is 1.76. The summed E-state index contributed by atoms with van der Waals surface area (Å²) >= 11 is 13.9. The lowest BCUT2D eigenvalue weighted by Crippen LogP contribution is -2.14. The van der Waals surface area contributed by atoms with Gasteiger partial charge in [-0.3, -0.25) is 9.97 Å². The highest BCUT2D eigenvalue weighted by atomic mass is 35.5. The standard InChI is InChI=1S/C27H28Cl2N6O2/c1-5-31-13-23-27(37-4)35-21(15-33-23)19-11-7-9-17(25(19)29)16-8-6-10-18(24(16)28)20-14-32-22(12-30-2)26(34-20)36-3/h6-11,14-15,30-31H,5,12-13H2,1-4H3. The van der Waals surface area contributed by atoms with Gasteiger partial charge >= 0.3 is 0 Å². The molecule has 4 rings (SSSR count). The van der Waals surface area contributed by atoms with E-state index in [4.69, 9.17) is 32.7 Å². The van der Waals surface area contributed by atoms with E-state index in [2.05, 4.69) is 30.6 Å². The number of hydrogen-bond acceptors (Lipinski definition) is 8. The van der Waals surface area contributed by atoms with Gasteiger partial charge in [0.1, 0.15) is 11.4 Å². The highest BCUT2D eigenvalue weighted by molar-refractivity contribution is 6.39. The first-order valence-corrected chi connectivity index (χ1v) is 12.5. The van der Waals surface area contributed by atoms with Gasteiger partial charge in [-0.05, 0) is 13.6 Å². The fourth-order valence-electron chi connectivity index (χ4n) is 3.91. The maximum Gasteiger partial charge on any atom is 0.237 e. The van der Waals surface area contributed by atoms with Crippen molar-refractivity contribution in [3.63, 3.8) is 0 Å². The van der Waals surface area contributed by atoms with Crippen molar-refractivity contribution < 1.29 is 9.47 Å². The van der Waals surface area contributed by atoms with Crippen LogP contribution in [0.25, 0.3) is 33.6 Å². The third-order valence-electron chi connectivity index (χ3n) is 5.74. The van der Waals surface area contributed by atoms with Gasteiger partial charge in [-0.15, -0.1) is 0 Å². The molecule has 0 aliphatic rings. The normalized spacial score (nSPS) is 11.0. The quantitative estimate of drug-likeness (QED) is 0.276. The second kappa shape index (κ2) is 12.3. The fourth-order valence-corrected chi connectivity index (χ4v) is 4.56. The van der Waals surface area contributed by atoms with Gasteiger partial charge in [-0.2, -0.15) is 0 Å². The summed E-state index contributed by atoms with van der Waals surface area (Å²) in [5.74, 6) is 0.896. The van der Waals surface area contributed by atoms with Crippen LogP contribution in [-0.4, -0.2) is 47.7 Å². The highest BCUT2D eigenvalue weighted by Crippen LogP contribution is 2.42. The second-order valence-electron chi connectivity index (χ2n) is 8.07. The van der Waals surface area contributed by atoms with Gasteiger partial charge in [0.05, 0.1) is 48.0 Å². The molecule has 0 fully saturated rings. The Hall–Kier alpha value is -3.30. The zero-order valence-electron chi connectivity index (χ0n) is 21.1. The Labute approximate surface area is 226 Å². The first-order chi connectivity index (χ1) is 18.0. The summed E-state index contributed by atoms with van der Waals surface area (Å²) in [5, 5.41) is 7.31. The van der Waals surface area contributed by atoms with Gasteiger partial charge in [-0.1, -0.05) is 66.5 Å². The Morgan fingerprint density at radius 2 is 1.19 bits per heavy atom. The van der Waals surface area contributed by atoms with Crippen LogP contribution in [0.5, 0.6) is 11.8 Å². The predicted octanol–water partition coefficient (Wildman–Crippen LogP) is 5.42. The Bertz CT molecular complexity index is 1400. The summed E-state index contributed by atoms with van der Waals surface area (Å²) < 4.78 is 10.9. The van der Waals surface area contributed by atoms with Crippen molar-refractivity contribution in [2.45, 2.75) is 20.0 Å². The average Bonchev–Trinajstić information content (AvgIpc) is 2.93. The molecule has 0 unspecified atom stereocenters. The topological polar surface area (TPSA) is 94.1 Å². The molecule has 0 spiro atoms. The molecule has 4 aromatic rings. The van der Waals surface area contributed by atoms with E-state index in [1.165, 1.54) is 0 Å². The van der Waals surface area contributed by atoms with Crippen molar-refractivity contribution in [3.05, 3.63) is 70.2 Å². The predicted molar refractivity (Wildman–Crippen MR) is 147 cm³/mol. The van der Waals surface area contributed by atoms with Gasteiger partial charge in [0.15, 0.2) is 0 Å². The SMILES string of the molecule is CCNCc1ncc(-c2cccc(-c3cccc(-c4cnc(CNC)c(OC)n4)c3Cl)c2Cl)nc1OC. The number of aromatic nitrogens is 4. The van der Waals surface area contributed by atoms with Crippen molar-refractivity contribution in [1.82, 2.24) is 30.6 Å². The largest absolute Gasteiger partial charge is 0.480 e. The molecule has 2 N–H and O–H groups in total. The molecule has 2 aromatic heterocycles. The number of nitrogens with one attached hydrogen (secondary N) is 2. The number of benzene rings is 2. The van der Waals surface area contributed by atoms with Crippen LogP contribution in [0.2, 0.25) is 10.0 Å². The molecule has 192 valence electrons. The van der Waals surface area contributed by atoms with Crippen molar-refractivity contribution in [1.29, 1.82) is 0 Å². The van der Waals surface area contributed by atoms with E-state index in [0.29, 0.717) is 52.0 Å². The van der Waals surface area contributed by atoms with Gasteiger partial charge in [0.25, 0.3) is 0 Å². The lowest BCUT2D eigenvalue weighted by atomic mass is 9.98. The molecule has 0 saturated heterocycles. The number of methoxy groups -OCH3 is 2. The van der Waals surface area contributed by atoms with Crippen LogP contribution in [0.3, 0.4) is 0 Å². The van der Waals surface area contributed by atoms with E-state index in [1.807, 2.05) is 50.4 Å². The molecular weight excluding hydrogens is 511 g/mol. The molecule has 0 saturated carbocycles. The van der Waals surface area contributed by atoms with E-state index in [0.717, 1.165) is 34.5 Å². The Morgan fingerprint density at radius 1 is 0.730 bits per heavy atom. The Kier molecular flexibility index (Phi) is 8.89. The smallest absolute Gasteiger partial charge is 0.237 e. The molecule has 2 aromatic carbocycles. The van der Waals surface area contributed by atoms with Crippen LogP contribution in [-0.2, 0) is 13.1 Å². The summed E-state index contributed by atoms with van der Waals surface area (Å²) in [4.78, 5) is 18.3. The van der Waals surface area contributed by atoms with Crippen molar-refractivity contribution >= 4 is 23.2 Å². The van der Waals surface area contributed by atoms with Crippen LogP contribution in [0, 0.1) is 0 Å². The van der Waals surface area contributed by atoms with Crippen molar-refractivity contribution in [2.24, 2.45) is 0 Å². The van der Waals surface area contributed by atoms with Crippen LogP contribution >= 0.6 is 23.2 Å². The lowest BCUT2D eigenvalue weighted by Gasteiger charge is -2.15. The fraction of sp³-hybridized carbons (Fsp3) is 0.259. The average molecular weight is 539 g/mol.